The van der Waals surface area contributed by atoms with Gasteiger partial charge < -0.3 is 14.0 Å². The number of aromatic nitrogens is 2. The van der Waals surface area contributed by atoms with Crippen LogP contribution in [-0.4, -0.2) is 53.7 Å². The molecule has 0 radical (unpaired) electrons. The van der Waals surface area contributed by atoms with Gasteiger partial charge in [-0.25, -0.2) is 4.98 Å². The zero-order valence-corrected chi connectivity index (χ0v) is 21.0. The minimum atomic E-state index is -1.13. The van der Waals surface area contributed by atoms with Gasteiger partial charge in [-0.15, -0.1) is 0 Å². The number of ether oxygens (including phenoxy) is 2. The minimum absolute atomic E-state index is 0.217. The molecule has 1 aliphatic carbocycles. The quantitative estimate of drug-likeness (QED) is 0.237. The van der Waals surface area contributed by atoms with Crippen LogP contribution >= 0.6 is 0 Å². The molecule has 1 saturated carbocycles. The molecule has 1 fully saturated rings. The zero-order valence-electron chi connectivity index (χ0n) is 20.0. The summed E-state index contributed by atoms with van der Waals surface area (Å²) in [6, 6.07) is 13.5. The van der Waals surface area contributed by atoms with E-state index in [9.17, 15) is 9.59 Å². The second-order valence-electron chi connectivity index (χ2n) is 10.4. The Morgan fingerprint density at radius 1 is 1.06 bits per heavy atom. The third kappa shape index (κ3) is 4.71. The second-order valence-corrected chi connectivity index (χ2v) is 16.0. The molecule has 7 nitrogen and oxygen atoms in total. The van der Waals surface area contributed by atoms with Gasteiger partial charge in [-0.05, 0) is 48.7 Å². The highest BCUT2D eigenvalue weighted by Crippen LogP contribution is 2.34. The van der Waals surface area contributed by atoms with E-state index in [4.69, 9.17) is 9.47 Å². The predicted molar refractivity (Wildman–Crippen MR) is 132 cm³/mol. The first-order valence-corrected chi connectivity index (χ1v) is 15.6. The van der Waals surface area contributed by atoms with Crippen LogP contribution in [0.2, 0.25) is 25.7 Å². The Balaban J connectivity index is 1.38. The van der Waals surface area contributed by atoms with Crippen LogP contribution < -0.4 is 0 Å². The lowest BCUT2D eigenvalue weighted by atomic mass is 10.0. The normalized spacial score (nSPS) is 17.0. The standard InChI is InChI=1S/C26H31N3O4Si/c1-34(2,3)13-12-32-17-28-16-27-22-14-18(8-11-23(22)28)24(15-33-19-9-10-19)29-25(30)20-6-4-5-7-21(20)26(29)31/h4-8,11,14,16,19,24H,9-10,12-13,15,17H2,1-3H3. The summed E-state index contributed by atoms with van der Waals surface area (Å²) in [4.78, 5) is 32.3. The van der Waals surface area contributed by atoms with Crippen molar-refractivity contribution in [2.24, 2.45) is 0 Å². The van der Waals surface area contributed by atoms with Crippen LogP contribution in [0.4, 0.5) is 0 Å². The van der Waals surface area contributed by atoms with E-state index in [2.05, 4.69) is 24.6 Å². The molecule has 0 N–H and O–H groups in total. The fourth-order valence-electron chi connectivity index (χ4n) is 4.20. The first kappa shape index (κ1) is 23.0. The average Bonchev–Trinajstić information content (AvgIpc) is 3.50. The number of amides is 2. The van der Waals surface area contributed by atoms with E-state index in [1.807, 2.05) is 22.8 Å². The summed E-state index contributed by atoms with van der Waals surface area (Å²) in [5, 5.41) is 0. The van der Waals surface area contributed by atoms with Gasteiger partial charge in [0.15, 0.2) is 0 Å². The Kier molecular flexibility index (Phi) is 6.14. The SMILES string of the molecule is C[Si](C)(C)CCOCn1cnc2cc(C(COC3CC3)N3C(=O)c4ccccc4C3=O)ccc21. The maximum absolute atomic E-state index is 13.2. The molecular weight excluding hydrogens is 446 g/mol. The minimum Gasteiger partial charge on any atom is -0.376 e. The lowest BCUT2D eigenvalue weighted by molar-refractivity contribution is 0.0356. The van der Waals surface area contributed by atoms with Crippen molar-refractivity contribution >= 4 is 30.9 Å². The molecule has 5 rings (SSSR count). The summed E-state index contributed by atoms with van der Waals surface area (Å²) < 4.78 is 13.9. The van der Waals surface area contributed by atoms with E-state index in [0.717, 1.165) is 42.1 Å². The highest BCUT2D eigenvalue weighted by molar-refractivity contribution is 6.76. The monoisotopic (exact) mass is 477 g/mol. The summed E-state index contributed by atoms with van der Waals surface area (Å²) in [6.45, 7) is 8.48. The van der Waals surface area contributed by atoms with Crippen LogP contribution in [0.5, 0.6) is 0 Å². The van der Waals surface area contributed by atoms with Crippen molar-refractivity contribution in [3.63, 3.8) is 0 Å². The number of hydrogen-bond acceptors (Lipinski definition) is 5. The van der Waals surface area contributed by atoms with E-state index in [1.165, 1.54) is 4.90 Å². The van der Waals surface area contributed by atoms with Gasteiger partial charge in [-0.3, -0.25) is 14.5 Å². The van der Waals surface area contributed by atoms with Gasteiger partial charge >= 0.3 is 0 Å². The lowest BCUT2D eigenvalue weighted by Gasteiger charge is -2.26. The molecule has 0 saturated heterocycles. The van der Waals surface area contributed by atoms with Crippen LogP contribution in [0.3, 0.4) is 0 Å². The van der Waals surface area contributed by atoms with Crippen molar-refractivity contribution in [1.82, 2.24) is 14.5 Å². The van der Waals surface area contributed by atoms with Crippen molar-refractivity contribution in [2.45, 2.75) is 57.4 Å². The van der Waals surface area contributed by atoms with E-state index in [1.54, 1.807) is 30.6 Å². The number of nitrogens with zero attached hydrogens (tertiary/aromatic N) is 3. The Morgan fingerprint density at radius 3 is 2.41 bits per heavy atom. The van der Waals surface area contributed by atoms with Gasteiger partial charge in [-0.2, -0.15) is 0 Å². The van der Waals surface area contributed by atoms with E-state index in [0.29, 0.717) is 17.9 Å². The van der Waals surface area contributed by atoms with E-state index >= 15 is 0 Å². The van der Waals surface area contributed by atoms with E-state index in [-0.39, 0.29) is 24.5 Å². The van der Waals surface area contributed by atoms with Gasteiger partial charge in [-0.1, -0.05) is 37.8 Å². The van der Waals surface area contributed by atoms with Crippen LogP contribution in [0, 0.1) is 0 Å². The number of carbonyl (C=O) groups excluding carboxylic acids is 2. The largest absolute Gasteiger partial charge is 0.376 e. The molecule has 1 aromatic heterocycles. The van der Waals surface area contributed by atoms with Crippen LogP contribution in [0.15, 0.2) is 48.8 Å². The third-order valence-electron chi connectivity index (χ3n) is 6.41. The molecule has 2 aromatic carbocycles. The molecule has 34 heavy (non-hydrogen) atoms. The van der Waals surface area contributed by atoms with Crippen LogP contribution in [0.25, 0.3) is 11.0 Å². The highest BCUT2D eigenvalue weighted by Gasteiger charge is 2.41. The highest BCUT2D eigenvalue weighted by atomic mass is 28.3. The van der Waals surface area contributed by atoms with Gasteiger partial charge in [0, 0.05) is 14.7 Å². The molecular formula is C26H31N3O4Si. The smallest absolute Gasteiger partial charge is 0.262 e. The Bertz CT molecular complexity index is 1190. The predicted octanol–water partition coefficient (Wildman–Crippen LogP) is 4.86. The number of rotatable bonds is 10. The molecule has 0 bridgehead atoms. The van der Waals surface area contributed by atoms with Crippen molar-refractivity contribution in [3.8, 4) is 0 Å². The van der Waals surface area contributed by atoms with Gasteiger partial charge in [0.1, 0.15) is 6.73 Å². The summed E-state index contributed by atoms with van der Waals surface area (Å²) in [6.07, 6.45) is 4.04. The average molecular weight is 478 g/mol. The van der Waals surface area contributed by atoms with Gasteiger partial charge in [0.05, 0.1) is 47.2 Å². The number of imide groups is 1. The number of fused-ring (bicyclic) bond motifs is 2. The fourth-order valence-corrected chi connectivity index (χ4v) is 4.96. The third-order valence-corrected chi connectivity index (χ3v) is 8.11. The lowest BCUT2D eigenvalue weighted by Crippen LogP contribution is -2.36. The van der Waals surface area contributed by atoms with Gasteiger partial charge in [0.2, 0.25) is 0 Å². The molecule has 178 valence electrons. The number of imidazole rings is 1. The fraction of sp³-hybridized carbons (Fsp3) is 0.423. The number of hydrogen-bond donors (Lipinski definition) is 0. The maximum atomic E-state index is 13.2. The molecule has 0 spiro atoms. The topological polar surface area (TPSA) is 73.7 Å². The van der Waals surface area contributed by atoms with Crippen molar-refractivity contribution in [1.29, 1.82) is 0 Å². The van der Waals surface area contributed by atoms with Crippen LogP contribution in [0.1, 0.15) is 45.2 Å². The van der Waals surface area contributed by atoms with Crippen molar-refractivity contribution in [2.75, 3.05) is 13.2 Å². The van der Waals surface area contributed by atoms with Crippen molar-refractivity contribution in [3.05, 3.63) is 65.5 Å². The molecule has 1 aliphatic heterocycles. The number of carbonyl (C=O) groups is 2. The summed E-state index contributed by atoms with van der Waals surface area (Å²) >= 11 is 0. The summed E-state index contributed by atoms with van der Waals surface area (Å²) in [5.41, 5.74) is 3.50. The zero-order chi connectivity index (χ0) is 23.9. The molecule has 3 aromatic rings. The Hall–Kier alpha value is -2.81. The molecule has 2 aliphatic rings. The van der Waals surface area contributed by atoms with Gasteiger partial charge in [0.25, 0.3) is 11.8 Å². The van der Waals surface area contributed by atoms with Crippen LogP contribution in [-0.2, 0) is 16.2 Å². The molecule has 2 heterocycles. The Morgan fingerprint density at radius 2 is 1.76 bits per heavy atom. The maximum Gasteiger partial charge on any atom is 0.262 e. The Labute approximate surface area is 200 Å². The first-order valence-electron chi connectivity index (χ1n) is 11.9. The summed E-state index contributed by atoms with van der Waals surface area (Å²) in [7, 11) is -1.13. The van der Waals surface area contributed by atoms with Crippen molar-refractivity contribution < 1.29 is 19.1 Å². The first-order chi connectivity index (χ1) is 16.3. The molecule has 2 amide bonds. The molecule has 1 unspecified atom stereocenters. The van der Waals surface area contributed by atoms with E-state index < -0.39 is 14.1 Å². The summed E-state index contributed by atoms with van der Waals surface area (Å²) in [5.74, 6) is -0.544. The molecule has 8 heteroatoms. The molecule has 1 atom stereocenters. The second kappa shape index (κ2) is 9.09. The number of benzene rings is 2.